The number of nitrogens with zero attached hydrogens (tertiary/aromatic N) is 3. The van der Waals surface area contributed by atoms with Crippen molar-refractivity contribution in [3.63, 3.8) is 0 Å². The molecule has 0 unspecified atom stereocenters. The summed E-state index contributed by atoms with van der Waals surface area (Å²) in [6.45, 7) is 5.59. The molecule has 0 saturated heterocycles. The van der Waals surface area contributed by atoms with Crippen molar-refractivity contribution in [2.24, 2.45) is 7.05 Å². The Hall–Kier alpha value is -4.14. The number of nitrogens with one attached hydrogen (secondary N) is 2. The van der Waals surface area contributed by atoms with Crippen molar-refractivity contribution in [2.75, 3.05) is 7.11 Å². The topological polar surface area (TPSA) is 111 Å². The van der Waals surface area contributed by atoms with E-state index in [2.05, 4.69) is 15.3 Å². The van der Waals surface area contributed by atoms with Crippen LogP contribution in [0, 0.1) is 13.8 Å². The highest BCUT2D eigenvalue weighted by Crippen LogP contribution is 2.30. The lowest BCUT2D eigenvalue weighted by molar-refractivity contribution is 0.0951. The molecule has 4 aromatic heterocycles. The number of hydrogen-bond acceptors (Lipinski definition) is 5. The molecule has 0 spiro atoms. The minimum absolute atomic E-state index is 0.00821. The molecule has 2 N–H and O–H groups in total. The largest absolute Gasteiger partial charge is 0.496 e. The van der Waals surface area contributed by atoms with Crippen LogP contribution in [-0.2, 0) is 13.6 Å². The van der Waals surface area contributed by atoms with E-state index in [1.165, 1.54) is 11.7 Å². The summed E-state index contributed by atoms with van der Waals surface area (Å²) >= 11 is 0. The lowest BCUT2D eigenvalue weighted by atomic mass is 10.1. The molecule has 4 rings (SSSR count). The minimum Gasteiger partial charge on any atom is -0.496 e. The van der Waals surface area contributed by atoms with E-state index in [0.29, 0.717) is 39.3 Å². The number of methoxy groups -OCH3 is 1. The molecule has 4 heterocycles. The van der Waals surface area contributed by atoms with E-state index in [0.717, 1.165) is 5.56 Å². The molecule has 9 heteroatoms. The van der Waals surface area contributed by atoms with Gasteiger partial charge in [0.15, 0.2) is 0 Å². The highest BCUT2D eigenvalue weighted by molar-refractivity contribution is 6.07. The molecule has 4 aromatic rings. The van der Waals surface area contributed by atoms with Crippen molar-refractivity contribution in [3.05, 3.63) is 91.5 Å². The van der Waals surface area contributed by atoms with Gasteiger partial charge in [0.2, 0.25) is 0 Å². The van der Waals surface area contributed by atoms with Crippen molar-refractivity contribution in [3.8, 4) is 5.75 Å². The predicted molar refractivity (Wildman–Crippen MR) is 129 cm³/mol. The van der Waals surface area contributed by atoms with Crippen LogP contribution in [0.5, 0.6) is 5.75 Å². The van der Waals surface area contributed by atoms with E-state index in [1.807, 2.05) is 30.5 Å². The smallest absolute Gasteiger partial charge is 0.256 e. The summed E-state index contributed by atoms with van der Waals surface area (Å²) in [5.41, 5.74) is 3.24. The zero-order valence-electron chi connectivity index (χ0n) is 19.8. The molecule has 0 fully saturated rings. The number of pyridine rings is 3. The van der Waals surface area contributed by atoms with Gasteiger partial charge in [-0.3, -0.25) is 14.4 Å². The number of fused-ring (bicyclic) bond motifs is 1. The summed E-state index contributed by atoms with van der Waals surface area (Å²) in [6.07, 6.45) is 3.40. The van der Waals surface area contributed by atoms with Crippen LogP contribution in [0.4, 0.5) is 0 Å². The Kier molecular flexibility index (Phi) is 6.10. The third-order valence-corrected chi connectivity index (χ3v) is 6.11. The van der Waals surface area contributed by atoms with Crippen molar-refractivity contribution < 1.29 is 9.53 Å². The standard InChI is InChI=1S/C25H27N5O4/c1-14-11-20(34-5)19(24(32)28-14)13-27-25(33)22-16(3)30(23-18(22)7-6-9-26-23)15(2)17-8-10-29(4)21(31)12-17/h6-12,15H,13H2,1-5H3,(H,27,33)(H,28,32)/t15-/m0/s1. The molecular weight excluding hydrogens is 434 g/mol. The Morgan fingerprint density at radius 2 is 2.00 bits per heavy atom. The fourth-order valence-corrected chi connectivity index (χ4v) is 4.28. The van der Waals surface area contributed by atoms with E-state index in [1.54, 1.807) is 44.6 Å². The Labute approximate surface area is 196 Å². The van der Waals surface area contributed by atoms with E-state index >= 15 is 0 Å². The highest BCUT2D eigenvalue weighted by atomic mass is 16.5. The Morgan fingerprint density at radius 1 is 1.24 bits per heavy atom. The average molecular weight is 462 g/mol. The molecule has 9 nitrogen and oxygen atoms in total. The van der Waals surface area contributed by atoms with Crippen LogP contribution in [0.25, 0.3) is 11.0 Å². The first-order valence-corrected chi connectivity index (χ1v) is 10.9. The summed E-state index contributed by atoms with van der Waals surface area (Å²) < 4.78 is 8.79. The van der Waals surface area contributed by atoms with Gasteiger partial charge < -0.3 is 24.2 Å². The predicted octanol–water partition coefficient (Wildman–Crippen LogP) is 2.59. The Morgan fingerprint density at radius 3 is 2.71 bits per heavy atom. The van der Waals surface area contributed by atoms with Crippen LogP contribution < -0.4 is 21.2 Å². The van der Waals surface area contributed by atoms with Gasteiger partial charge in [0, 0.05) is 42.3 Å². The van der Waals surface area contributed by atoms with E-state index in [9.17, 15) is 14.4 Å². The second kappa shape index (κ2) is 9.01. The number of aryl methyl sites for hydroxylation is 2. The Bertz CT molecular complexity index is 1510. The quantitative estimate of drug-likeness (QED) is 0.459. The highest BCUT2D eigenvalue weighted by Gasteiger charge is 2.24. The third kappa shape index (κ3) is 4.00. The van der Waals surface area contributed by atoms with Gasteiger partial charge in [-0.25, -0.2) is 4.98 Å². The number of carbonyl (C=O) groups is 1. The number of ether oxygens (including phenoxy) is 1. The van der Waals surface area contributed by atoms with Gasteiger partial charge in [-0.2, -0.15) is 0 Å². The average Bonchev–Trinajstić information content (AvgIpc) is 3.10. The molecule has 0 saturated carbocycles. The second-order valence-electron chi connectivity index (χ2n) is 8.30. The van der Waals surface area contributed by atoms with E-state index in [4.69, 9.17) is 4.74 Å². The van der Waals surface area contributed by atoms with Gasteiger partial charge in [-0.15, -0.1) is 0 Å². The fraction of sp³-hybridized carbons (Fsp3) is 0.280. The van der Waals surface area contributed by atoms with Crippen LogP contribution in [-0.4, -0.2) is 32.1 Å². The first-order valence-electron chi connectivity index (χ1n) is 10.9. The normalized spacial score (nSPS) is 12.0. The first kappa shape index (κ1) is 23.0. The van der Waals surface area contributed by atoms with Gasteiger partial charge in [0.05, 0.1) is 30.8 Å². The van der Waals surface area contributed by atoms with Gasteiger partial charge in [-0.1, -0.05) is 0 Å². The summed E-state index contributed by atoms with van der Waals surface area (Å²) in [5, 5.41) is 3.55. The molecule has 176 valence electrons. The van der Waals surface area contributed by atoms with Crippen LogP contribution in [0.3, 0.4) is 0 Å². The van der Waals surface area contributed by atoms with Crippen LogP contribution >= 0.6 is 0 Å². The molecule has 0 aliphatic rings. The lowest BCUT2D eigenvalue weighted by Crippen LogP contribution is -2.28. The number of carbonyl (C=O) groups excluding carboxylic acids is 1. The summed E-state index contributed by atoms with van der Waals surface area (Å²) in [4.78, 5) is 45.2. The lowest BCUT2D eigenvalue weighted by Gasteiger charge is -2.18. The summed E-state index contributed by atoms with van der Waals surface area (Å²) in [7, 11) is 3.19. The molecule has 1 amide bonds. The van der Waals surface area contributed by atoms with Gasteiger partial charge in [0.1, 0.15) is 11.4 Å². The zero-order valence-corrected chi connectivity index (χ0v) is 19.8. The zero-order chi connectivity index (χ0) is 24.6. The maximum atomic E-state index is 13.3. The molecule has 0 aliphatic carbocycles. The molecule has 34 heavy (non-hydrogen) atoms. The monoisotopic (exact) mass is 461 g/mol. The number of amides is 1. The van der Waals surface area contributed by atoms with E-state index in [-0.39, 0.29) is 29.6 Å². The molecule has 0 aliphatic heterocycles. The minimum atomic E-state index is -0.326. The van der Waals surface area contributed by atoms with Crippen molar-refractivity contribution >= 4 is 16.9 Å². The maximum Gasteiger partial charge on any atom is 0.256 e. The molecule has 0 radical (unpaired) electrons. The van der Waals surface area contributed by atoms with Crippen molar-refractivity contribution in [2.45, 2.75) is 33.4 Å². The molecule has 0 aromatic carbocycles. The maximum absolute atomic E-state index is 13.3. The number of H-pyrrole nitrogens is 1. The number of aromatic nitrogens is 4. The van der Waals surface area contributed by atoms with Gasteiger partial charge in [-0.05, 0) is 50.6 Å². The van der Waals surface area contributed by atoms with E-state index < -0.39 is 0 Å². The summed E-state index contributed by atoms with van der Waals surface area (Å²) in [6, 6.07) is 8.59. The Balaban J connectivity index is 1.74. The van der Waals surface area contributed by atoms with Gasteiger partial charge >= 0.3 is 0 Å². The number of hydrogen-bond donors (Lipinski definition) is 2. The number of aromatic amines is 1. The molecule has 1 atom stereocenters. The fourth-order valence-electron chi connectivity index (χ4n) is 4.28. The second-order valence-corrected chi connectivity index (χ2v) is 8.30. The SMILES string of the molecule is COc1cc(C)[nH]c(=O)c1CNC(=O)c1c(C)n([C@@H](C)c2ccn(C)c(=O)c2)c2ncccc12. The summed E-state index contributed by atoms with van der Waals surface area (Å²) in [5.74, 6) is 0.0918. The third-order valence-electron chi connectivity index (χ3n) is 6.11. The van der Waals surface area contributed by atoms with Gasteiger partial charge in [0.25, 0.3) is 17.0 Å². The van der Waals surface area contributed by atoms with Crippen LogP contribution in [0.2, 0.25) is 0 Å². The first-order chi connectivity index (χ1) is 16.2. The number of rotatable bonds is 6. The van der Waals surface area contributed by atoms with Crippen molar-refractivity contribution in [1.29, 1.82) is 0 Å². The van der Waals surface area contributed by atoms with Crippen molar-refractivity contribution in [1.82, 2.24) is 24.4 Å². The molecular formula is C25H27N5O4. The van der Waals surface area contributed by atoms with Crippen LogP contribution in [0.1, 0.15) is 45.8 Å². The molecule has 0 bridgehead atoms. The van der Waals surface area contributed by atoms with Crippen LogP contribution in [0.15, 0.2) is 52.3 Å².